The summed E-state index contributed by atoms with van der Waals surface area (Å²) in [7, 11) is 2.16. The van der Waals surface area contributed by atoms with Crippen molar-refractivity contribution in [3.63, 3.8) is 0 Å². The van der Waals surface area contributed by atoms with E-state index in [1.165, 1.54) is 0 Å². The lowest BCUT2D eigenvalue weighted by atomic mass is 10.0. The van der Waals surface area contributed by atoms with Gasteiger partial charge in [0.05, 0.1) is 13.2 Å². The van der Waals surface area contributed by atoms with Gasteiger partial charge in [0, 0.05) is 69.9 Å². The van der Waals surface area contributed by atoms with Crippen molar-refractivity contribution in [1.82, 2.24) is 20.0 Å². The number of carbonyl (C=O) groups excluding carboxylic acids is 1. The molecule has 1 saturated heterocycles. The fourth-order valence-corrected chi connectivity index (χ4v) is 5.16. The predicted molar refractivity (Wildman–Crippen MR) is 155 cm³/mol. The number of hydrogen-bond acceptors (Lipinski definition) is 7. The first kappa shape index (κ1) is 29.8. The number of nitrogens with one attached hydrogen (secondary N) is 1. The zero-order valence-corrected chi connectivity index (χ0v) is 23.8. The molecule has 2 aromatic rings. The third-order valence-corrected chi connectivity index (χ3v) is 7.54. The summed E-state index contributed by atoms with van der Waals surface area (Å²) in [5, 5.41) is 12.2. The number of ether oxygens (including phenoxy) is 2. The van der Waals surface area contributed by atoms with E-state index in [9.17, 15) is 9.59 Å². The van der Waals surface area contributed by atoms with E-state index in [2.05, 4.69) is 33.1 Å². The van der Waals surface area contributed by atoms with Gasteiger partial charge in [-0.2, -0.15) is 0 Å². The normalized spacial score (nSPS) is 18.4. The molecular weight excluding hydrogens is 508 g/mol. The second kappa shape index (κ2) is 15.6. The average Bonchev–Trinajstić information content (AvgIpc) is 2.95. The van der Waals surface area contributed by atoms with Crippen molar-refractivity contribution in [2.45, 2.75) is 45.2 Å². The number of aryl methyl sites for hydroxylation is 1. The lowest BCUT2D eigenvalue weighted by molar-refractivity contribution is -0.137. The van der Waals surface area contributed by atoms with Crippen LogP contribution in [0.2, 0.25) is 0 Å². The van der Waals surface area contributed by atoms with Gasteiger partial charge in [-0.05, 0) is 50.4 Å². The Bertz CT molecular complexity index is 1100. The zero-order valence-electron chi connectivity index (χ0n) is 23.8. The highest BCUT2D eigenvalue weighted by molar-refractivity contribution is 5.78. The highest BCUT2D eigenvalue weighted by atomic mass is 16.5. The average molecular weight is 553 g/mol. The largest absolute Gasteiger partial charge is 0.493 e. The highest BCUT2D eigenvalue weighted by Gasteiger charge is 2.19. The second-order valence-corrected chi connectivity index (χ2v) is 10.8. The topological polar surface area (TPSA) is 94.6 Å². The van der Waals surface area contributed by atoms with Gasteiger partial charge in [0.2, 0.25) is 5.91 Å². The molecule has 2 N–H and O–H groups in total. The van der Waals surface area contributed by atoms with Crippen molar-refractivity contribution in [3.8, 4) is 11.5 Å². The van der Waals surface area contributed by atoms with E-state index in [0.717, 1.165) is 80.2 Å². The van der Waals surface area contributed by atoms with Gasteiger partial charge >= 0.3 is 5.97 Å². The number of benzene rings is 2. The smallest absolute Gasteiger partial charge is 0.303 e. The van der Waals surface area contributed by atoms with Crippen molar-refractivity contribution >= 4 is 11.9 Å². The second-order valence-electron chi connectivity index (χ2n) is 10.8. The summed E-state index contributed by atoms with van der Waals surface area (Å²) in [6, 6.07) is 14.0. The van der Waals surface area contributed by atoms with E-state index in [1.807, 2.05) is 36.4 Å². The third kappa shape index (κ3) is 9.80. The van der Waals surface area contributed by atoms with Crippen LogP contribution in [0.1, 0.15) is 42.4 Å². The molecule has 9 nitrogen and oxygen atoms in total. The molecule has 0 radical (unpaired) electrons. The lowest BCUT2D eigenvalue weighted by Crippen LogP contribution is -2.45. The number of hydrogen-bond donors (Lipinski definition) is 2. The molecule has 0 saturated carbocycles. The van der Waals surface area contributed by atoms with Gasteiger partial charge in [-0.15, -0.1) is 0 Å². The Morgan fingerprint density at radius 2 is 1.85 bits per heavy atom. The number of amides is 1. The van der Waals surface area contributed by atoms with Crippen LogP contribution < -0.4 is 14.8 Å². The Morgan fingerprint density at radius 3 is 2.67 bits per heavy atom. The molecule has 2 aliphatic heterocycles. The van der Waals surface area contributed by atoms with E-state index in [-0.39, 0.29) is 18.9 Å². The van der Waals surface area contributed by atoms with E-state index in [4.69, 9.17) is 14.6 Å². The molecule has 0 aromatic heterocycles. The number of carbonyl (C=O) groups is 2. The van der Waals surface area contributed by atoms with E-state index in [1.54, 1.807) is 0 Å². The van der Waals surface area contributed by atoms with Crippen LogP contribution in [-0.4, -0.2) is 97.8 Å². The zero-order chi connectivity index (χ0) is 28.2. The molecule has 0 unspecified atom stereocenters. The number of piperazine rings is 1. The number of carboxylic acid groups (broad SMARTS) is 1. The number of fused-ring (bicyclic) bond motifs is 1. The fraction of sp³-hybridized carbons (Fsp3) is 0.548. The van der Waals surface area contributed by atoms with Crippen LogP contribution in [0.5, 0.6) is 11.5 Å². The van der Waals surface area contributed by atoms with Crippen molar-refractivity contribution in [2.75, 3.05) is 66.1 Å². The van der Waals surface area contributed by atoms with Crippen molar-refractivity contribution < 1.29 is 24.2 Å². The summed E-state index contributed by atoms with van der Waals surface area (Å²) in [5.74, 6) is 0.812. The number of likely N-dealkylation sites (N-methyl/N-ethyl adjacent to an activating group) is 1. The summed E-state index contributed by atoms with van der Waals surface area (Å²) in [6.07, 6.45) is 3.34. The molecule has 4 rings (SSSR count). The first-order valence-electron chi connectivity index (χ1n) is 14.5. The lowest BCUT2D eigenvalue weighted by Gasteiger charge is -2.32. The molecule has 0 spiro atoms. The predicted octanol–water partition coefficient (Wildman–Crippen LogP) is 3.01. The summed E-state index contributed by atoms with van der Waals surface area (Å²) in [4.78, 5) is 31.0. The van der Waals surface area contributed by atoms with Gasteiger partial charge in [-0.25, -0.2) is 0 Å². The molecular formula is C31H44N4O5. The number of nitrogens with zero attached hydrogens (tertiary/aromatic N) is 3. The molecule has 218 valence electrons. The molecule has 2 aromatic carbocycles. The summed E-state index contributed by atoms with van der Waals surface area (Å²) in [6.45, 7) is 8.33. The summed E-state index contributed by atoms with van der Waals surface area (Å²) < 4.78 is 12.4. The minimum Gasteiger partial charge on any atom is -0.493 e. The Hall–Kier alpha value is -3.14. The first-order chi connectivity index (χ1) is 19.5. The van der Waals surface area contributed by atoms with E-state index >= 15 is 0 Å². The summed E-state index contributed by atoms with van der Waals surface area (Å²) in [5.41, 5.74) is 2.94. The minimum absolute atomic E-state index is 0.00258. The molecule has 0 bridgehead atoms. The van der Waals surface area contributed by atoms with Crippen LogP contribution in [0.15, 0.2) is 42.5 Å². The number of carboxylic acids is 1. The van der Waals surface area contributed by atoms with Crippen LogP contribution in [0.4, 0.5) is 0 Å². The van der Waals surface area contributed by atoms with E-state index < -0.39 is 5.97 Å². The SMILES string of the molecule is CN1CCN(CCOc2ccccc2CN2CC(=O)NCCCCCOc3ccc(CCC(=O)O)cc3C2)CC1. The molecule has 1 amide bonds. The van der Waals surface area contributed by atoms with Gasteiger partial charge in [0.25, 0.3) is 0 Å². The van der Waals surface area contributed by atoms with Crippen LogP contribution in [0.3, 0.4) is 0 Å². The van der Waals surface area contributed by atoms with Crippen molar-refractivity contribution in [2.24, 2.45) is 0 Å². The standard InChI is InChI=1S/C31H44N4O5/c1-33-14-16-34(17-15-33)18-20-40-28-8-4-3-7-26(28)22-35-23-27-21-25(10-12-31(37)38)9-11-29(27)39-19-6-2-5-13-32-30(36)24-35/h3-4,7-9,11,21H,2,5-6,10,12-20,22-24H2,1H3,(H,32,36)(H,37,38). The van der Waals surface area contributed by atoms with Crippen LogP contribution in [-0.2, 0) is 29.1 Å². The van der Waals surface area contributed by atoms with Gasteiger partial charge < -0.3 is 24.8 Å². The molecule has 40 heavy (non-hydrogen) atoms. The Kier molecular flexibility index (Phi) is 11.6. The Balaban J connectivity index is 1.49. The molecule has 1 fully saturated rings. The van der Waals surface area contributed by atoms with E-state index in [0.29, 0.717) is 39.3 Å². The van der Waals surface area contributed by atoms with Crippen molar-refractivity contribution in [3.05, 3.63) is 59.2 Å². The quantitative estimate of drug-likeness (QED) is 0.491. The highest BCUT2D eigenvalue weighted by Crippen LogP contribution is 2.26. The number of aliphatic carboxylic acids is 1. The number of para-hydroxylation sites is 1. The minimum atomic E-state index is -0.817. The van der Waals surface area contributed by atoms with Crippen LogP contribution in [0, 0.1) is 0 Å². The van der Waals surface area contributed by atoms with Gasteiger partial charge in [0.15, 0.2) is 0 Å². The Morgan fingerprint density at radius 1 is 1.02 bits per heavy atom. The van der Waals surface area contributed by atoms with Crippen LogP contribution >= 0.6 is 0 Å². The number of rotatable bonds is 9. The molecule has 2 heterocycles. The molecule has 2 aliphatic rings. The summed E-state index contributed by atoms with van der Waals surface area (Å²) >= 11 is 0. The third-order valence-electron chi connectivity index (χ3n) is 7.54. The van der Waals surface area contributed by atoms with Crippen LogP contribution in [0.25, 0.3) is 0 Å². The Labute approximate surface area is 238 Å². The first-order valence-corrected chi connectivity index (χ1v) is 14.5. The maximum absolute atomic E-state index is 12.9. The maximum Gasteiger partial charge on any atom is 0.303 e. The van der Waals surface area contributed by atoms with Gasteiger partial charge in [-0.1, -0.05) is 30.3 Å². The van der Waals surface area contributed by atoms with Gasteiger partial charge in [-0.3, -0.25) is 19.4 Å². The fourth-order valence-electron chi connectivity index (χ4n) is 5.16. The molecule has 9 heteroatoms. The monoisotopic (exact) mass is 552 g/mol. The maximum atomic E-state index is 12.9. The van der Waals surface area contributed by atoms with Crippen molar-refractivity contribution in [1.29, 1.82) is 0 Å². The molecule has 0 aliphatic carbocycles. The molecule has 0 atom stereocenters. The van der Waals surface area contributed by atoms with Gasteiger partial charge in [0.1, 0.15) is 18.1 Å².